The molecule has 0 spiro atoms. The minimum Gasteiger partial charge on any atom is -0.481 e. The summed E-state index contributed by atoms with van der Waals surface area (Å²) in [6.45, 7) is 2.28. The standard InChI is InChI=1S/C22H25NO5/c24-20(14-17-6-8-18(9-7-17)15-21(25)26)23(11-10-22-27-12-13-28-22)16-19-4-2-1-3-5-19/h1-9,22H,10-16H2,(H,25,26). The van der Waals surface area contributed by atoms with Crippen LogP contribution in [0.3, 0.4) is 0 Å². The van der Waals surface area contributed by atoms with Gasteiger partial charge < -0.3 is 19.5 Å². The van der Waals surface area contributed by atoms with Gasteiger partial charge in [-0.15, -0.1) is 0 Å². The summed E-state index contributed by atoms with van der Waals surface area (Å²) in [5.74, 6) is -0.845. The Bertz CT molecular complexity index is 769. The summed E-state index contributed by atoms with van der Waals surface area (Å²) in [6, 6.07) is 17.0. The average molecular weight is 383 g/mol. The number of carboxylic acids is 1. The molecule has 0 aromatic heterocycles. The largest absolute Gasteiger partial charge is 0.481 e. The Labute approximate surface area is 164 Å². The van der Waals surface area contributed by atoms with Crippen LogP contribution >= 0.6 is 0 Å². The molecule has 1 saturated heterocycles. The van der Waals surface area contributed by atoms with Crippen LogP contribution in [0.1, 0.15) is 23.1 Å². The number of hydrogen-bond acceptors (Lipinski definition) is 4. The van der Waals surface area contributed by atoms with Crippen LogP contribution in [0.15, 0.2) is 54.6 Å². The number of hydrogen-bond donors (Lipinski definition) is 1. The van der Waals surface area contributed by atoms with Crippen molar-refractivity contribution < 1.29 is 24.2 Å². The van der Waals surface area contributed by atoms with Crippen LogP contribution in [-0.4, -0.2) is 47.9 Å². The molecule has 1 aliphatic rings. The molecule has 0 unspecified atom stereocenters. The fourth-order valence-corrected chi connectivity index (χ4v) is 3.17. The van der Waals surface area contributed by atoms with Crippen LogP contribution in [0.2, 0.25) is 0 Å². The molecule has 2 aromatic carbocycles. The Morgan fingerprint density at radius 3 is 2.11 bits per heavy atom. The van der Waals surface area contributed by atoms with E-state index in [1.54, 1.807) is 12.1 Å². The van der Waals surface area contributed by atoms with Gasteiger partial charge in [0.05, 0.1) is 26.1 Å². The predicted molar refractivity (Wildman–Crippen MR) is 104 cm³/mol. The van der Waals surface area contributed by atoms with Gasteiger partial charge in [-0.25, -0.2) is 0 Å². The number of carbonyl (C=O) groups excluding carboxylic acids is 1. The summed E-state index contributed by atoms with van der Waals surface area (Å²) in [6.07, 6.45) is 0.639. The van der Waals surface area contributed by atoms with Crippen molar-refractivity contribution in [2.24, 2.45) is 0 Å². The van der Waals surface area contributed by atoms with Crippen molar-refractivity contribution in [3.8, 4) is 0 Å². The third-order valence-electron chi connectivity index (χ3n) is 4.63. The molecule has 1 amide bonds. The Hall–Kier alpha value is -2.70. The van der Waals surface area contributed by atoms with Gasteiger partial charge in [0.15, 0.2) is 6.29 Å². The van der Waals surface area contributed by atoms with Gasteiger partial charge in [0, 0.05) is 19.5 Å². The quantitative estimate of drug-likeness (QED) is 0.720. The zero-order valence-corrected chi connectivity index (χ0v) is 15.8. The summed E-state index contributed by atoms with van der Waals surface area (Å²) in [4.78, 5) is 25.6. The van der Waals surface area contributed by atoms with Crippen molar-refractivity contribution in [1.29, 1.82) is 0 Å². The van der Waals surface area contributed by atoms with Crippen LogP contribution < -0.4 is 0 Å². The lowest BCUT2D eigenvalue weighted by Crippen LogP contribution is -2.34. The highest BCUT2D eigenvalue weighted by molar-refractivity contribution is 5.79. The maximum absolute atomic E-state index is 12.9. The maximum atomic E-state index is 12.9. The van der Waals surface area contributed by atoms with Crippen molar-refractivity contribution in [3.05, 3.63) is 71.3 Å². The molecule has 1 aliphatic heterocycles. The molecule has 0 aliphatic carbocycles. The van der Waals surface area contributed by atoms with Gasteiger partial charge in [-0.3, -0.25) is 9.59 Å². The van der Waals surface area contributed by atoms with Gasteiger partial charge in [-0.2, -0.15) is 0 Å². The zero-order chi connectivity index (χ0) is 19.8. The molecule has 1 heterocycles. The van der Waals surface area contributed by atoms with E-state index in [2.05, 4.69) is 0 Å². The van der Waals surface area contributed by atoms with Crippen molar-refractivity contribution >= 4 is 11.9 Å². The first-order chi connectivity index (χ1) is 13.6. The molecule has 2 aromatic rings. The van der Waals surface area contributed by atoms with Gasteiger partial charge in [-0.05, 0) is 16.7 Å². The molecule has 6 nitrogen and oxygen atoms in total. The lowest BCUT2D eigenvalue weighted by atomic mass is 10.1. The van der Waals surface area contributed by atoms with E-state index in [0.717, 1.165) is 16.7 Å². The normalized spacial score (nSPS) is 14.1. The molecule has 3 rings (SSSR count). The van der Waals surface area contributed by atoms with Gasteiger partial charge in [0.2, 0.25) is 5.91 Å². The number of ether oxygens (including phenoxy) is 2. The predicted octanol–water partition coefficient (Wildman–Crippen LogP) is 2.65. The zero-order valence-electron chi connectivity index (χ0n) is 15.8. The number of carboxylic acid groups (broad SMARTS) is 1. The van der Waals surface area contributed by atoms with Crippen LogP contribution in [0, 0.1) is 0 Å². The van der Waals surface area contributed by atoms with E-state index < -0.39 is 5.97 Å². The Kier molecular flexibility index (Phi) is 7.17. The molecule has 0 bridgehead atoms. The van der Waals surface area contributed by atoms with Crippen molar-refractivity contribution in [2.45, 2.75) is 32.1 Å². The first-order valence-corrected chi connectivity index (χ1v) is 9.44. The monoisotopic (exact) mass is 383 g/mol. The van der Waals surface area contributed by atoms with Crippen LogP contribution in [0.4, 0.5) is 0 Å². The maximum Gasteiger partial charge on any atom is 0.307 e. The number of rotatable bonds is 9. The van der Waals surface area contributed by atoms with E-state index in [9.17, 15) is 9.59 Å². The molecular weight excluding hydrogens is 358 g/mol. The van der Waals surface area contributed by atoms with E-state index in [1.807, 2.05) is 47.4 Å². The first-order valence-electron chi connectivity index (χ1n) is 9.44. The number of carbonyl (C=O) groups is 2. The van der Waals surface area contributed by atoms with Crippen molar-refractivity contribution in [1.82, 2.24) is 4.90 Å². The Morgan fingerprint density at radius 2 is 1.50 bits per heavy atom. The van der Waals surface area contributed by atoms with Gasteiger partial charge >= 0.3 is 5.97 Å². The minimum absolute atomic E-state index is 0.0181. The highest BCUT2D eigenvalue weighted by atomic mass is 16.7. The van der Waals surface area contributed by atoms with E-state index in [0.29, 0.717) is 32.7 Å². The second-order valence-corrected chi connectivity index (χ2v) is 6.82. The molecular formula is C22H25NO5. The van der Waals surface area contributed by atoms with Crippen molar-refractivity contribution in [3.63, 3.8) is 0 Å². The fraction of sp³-hybridized carbons (Fsp3) is 0.364. The van der Waals surface area contributed by atoms with E-state index in [4.69, 9.17) is 14.6 Å². The molecule has 0 saturated carbocycles. The van der Waals surface area contributed by atoms with E-state index in [-0.39, 0.29) is 25.0 Å². The molecule has 28 heavy (non-hydrogen) atoms. The van der Waals surface area contributed by atoms with E-state index >= 15 is 0 Å². The minimum atomic E-state index is -0.866. The van der Waals surface area contributed by atoms with Crippen molar-refractivity contribution in [2.75, 3.05) is 19.8 Å². The highest BCUT2D eigenvalue weighted by Crippen LogP contribution is 2.14. The fourth-order valence-electron chi connectivity index (χ4n) is 3.17. The molecule has 0 radical (unpaired) electrons. The van der Waals surface area contributed by atoms with Gasteiger partial charge in [-0.1, -0.05) is 54.6 Å². The number of nitrogens with zero attached hydrogens (tertiary/aromatic N) is 1. The lowest BCUT2D eigenvalue weighted by Gasteiger charge is -2.24. The molecule has 1 N–H and O–H groups in total. The third kappa shape index (κ3) is 6.18. The number of aliphatic carboxylic acids is 1. The van der Waals surface area contributed by atoms with Crippen LogP contribution in [-0.2, 0) is 38.4 Å². The smallest absolute Gasteiger partial charge is 0.307 e. The van der Waals surface area contributed by atoms with Crippen LogP contribution in [0.5, 0.6) is 0 Å². The van der Waals surface area contributed by atoms with E-state index in [1.165, 1.54) is 0 Å². The molecule has 6 heteroatoms. The topological polar surface area (TPSA) is 76.1 Å². The summed E-state index contributed by atoms with van der Waals surface area (Å²) >= 11 is 0. The Balaban J connectivity index is 1.63. The third-order valence-corrected chi connectivity index (χ3v) is 4.63. The Morgan fingerprint density at radius 1 is 0.893 bits per heavy atom. The number of benzene rings is 2. The number of amides is 1. The lowest BCUT2D eigenvalue weighted by molar-refractivity contribution is -0.136. The van der Waals surface area contributed by atoms with Gasteiger partial charge in [0.1, 0.15) is 0 Å². The summed E-state index contributed by atoms with van der Waals surface area (Å²) in [5.41, 5.74) is 2.66. The van der Waals surface area contributed by atoms with Gasteiger partial charge in [0.25, 0.3) is 0 Å². The molecule has 148 valence electrons. The summed E-state index contributed by atoms with van der Waals surface area (Å²) < 4.78 is 11.0. The first kappa shape index (κ1) is 20.0. The highest BCUT2D eigenvalue weighted by Gasteiger charge is 2.20. The molecule has 1 fully saturated rings. The molecule has 0 atom stereocenters. The summed E-state index contributed by atoms with van der Waals surface area (Å²) in [7, 11) is 0. The SMILES string of the molecule is O=C(O)Cc1ccc(CC(=O)N(CCC2OCCO2)Cc2ccccc2)cc1. The second kappa shape index (κ2) is 10.0. The second-order valence-electron chi connectivity index (χ2n) is 6.82. The average Bonchev–Trinajstić information content (AvgIpc) is 3.20. The van der Waals surface area contributed by atoms with Crippen LogP contribution in [0.25, 0.3) is 0 Å². The summed E-state index contributed by atoms with van der Waals surface area (Å²) in [5, 5.41) is 8.86.